The van der Waals surface area contributed by atoms with Crippen LogP contribution in [-0.2, 0) is 39.3 Å². The van der Waals surface area contributed by atoms with Crippen LogP contribution in [0.3, 0.4) is 0 Å². The van der Waals surface area contributed by atoms with Crippen molar-refractivity contribution in [2.45, 2.75) is 19.9 Å². The number of alkyl halides is 2. The number of aromatic nitrogens is 1. The molecular formula is C16H12BrF2N2O2Y-. The number of halogens is 3. The van der Waals surface area contributed by atoms with Gasteiger partial charge in [0, 0.05) is 32.7 Å². The average molecular weight is 471 g/mol. The summed E-state index contributed by atoms with van der Waals surface area (Å²) in [4.78, 5) is 12.1. The van der Waals surface area contributed by atoms with E-state index in [1.165, 1.54) is 6.07 Å². The maximum absolute atomic E-state index is 12.8. The van der Waals surface area contributed by atoms with Crippen LogP contribution in [-0.4, -0.2) is 17.6 Å². The van der Waals surface area contributed by atoms with Crippen molar-refractivity contribution in [3.05, 3.63) is 50.7 Å². The van der Waals surface area contributed by atoms with Gasteiger partial charge in [0.05, 0.1) is 6.54 Å². The summed E-state index contributed by atoms with van der Waals surface area (Å²) in [5.74, 6) is 0.493. The van der Waals surface area contributed by atoms with Crippen LogP contribution in [0.1, 0.15) is 5.56 Å². The van der Waals surface area contributed by atoms with Crippen molar-refractivity contribution in [3.8, 4) is 23.1 Å². The van der Waals surface area contributed by atoms with Crippen LogP contribution in [0.2, 0.25) is 0 Å². The Kier molecular flexibility index (Phi) is 8.21. The van der Waals surface area contributed by atoms with Crippen LogP contribution in [0, 0.1) is 24.3 Å². The summed E-state index contributed by atoms with van der Waals surface area (Å²) in [6, 6.07) is 11.1. The zero-order valence-electron chi connectivity index (χ0n) is 12.7. The second-order valence-electron chi connectivity index (χ2n) is 4.72. The van der Waals surface area contributed by atoms with E-state index in [0.29, 0.717) is 11.3 Å². The van der Waals surface area contributed by atoms with E-state index >= 15 is 0 Å². The van der Waals surface area contributed by atoms with Crippen LogP contribution in [0.4, 0.5) is 8.78 Å². The van der Waals surface area contributed by atoms with Gasteiger partial charge in [0.2, 0.25) is 5.56 Å². The molecule has 1 aromatic carbocycles. The Balaban J connectivity index is 0.00000288. The normalized spacial score (nSPS) is 10.2. The molecule has 123 valence electrons. The molecule has 0 aliphatic rings. The molecule has 0 amide bonds. The van der Waals surface area contributed by atoms with E-state index in [4.69, 9.17) is 10.00 Å². The predicted octanol–water partition coefficient (Wildman–Crippen LogP) is 3.55. The number of hydrogen-bond donors (Lipinski definition) is 0. The van der Waals surface area contributed by atoms with Gasteiger partial charge in [-0.25, -0.2) is 8.78 Å². The number of nitrogens with zero attached hydrogens (tertiary/aromatic N) is 2. The first-order valence-corrected chi connectivity index (χ1v) is 7.43. The first-order chi connectivity index (χ1) is 10.9. The molecule has 1 radical (unpaired) electrons. The molecule has 4 nitrogen and oxygen atoms in total. The predicted molar refractivity (Wildman–Crippen MR) is 84.5 cm³/mol. The largest absolute Gasteiger partial charge is 0.479 e. The molecule has 0 saturated carbocycles. The molecule has 0 saturated heterocycles. The van der Waals surface area contributed by atoms with Crippen molar-refractivity contribution < 1.29 is 46.2 Å². The number of hydrogen-bond acceptors (Lipinski definition) is 3. The second kappa shape index (κ2) is 9.40. The third-order valence-corrected chi connectivity index (χ3v) is 3.70. The van der Waals surface area contributed by atoms with Gasteiger partial charge in [-0.3, -0.25) is 4.79 Å². The fraction of sp³-hybridized carbons (Fsp3) is 0.250. The van der Waals surface area contributed by atoms with Crippen molar-refractivity contribution in [2.75, 3.05) is 6.61 Å². The minimum atomic E-state index is -2.66. The Morgan fingerprint density at radius 1 is 1.46 bits per heavy atom. The minimum Gasteiger partial charge on any atom is -0.479 e. The van der Waals surface area contributed by atoms with Gasteiger partial charge in [-0.15, -0.1) is 22.0 Å². The zero-order valence-corrected chi connectivity index (χ0v) is 17.1. The standard InChI is InChI=1S/C16H12BrF2N2O2.Y/c1-10-8-11(23-7-6-20)2-3-12(10)14-5-4-13(17)16(22)21(14)9-15(18)19;/h2-4,8,15H,7,9H2,1H3;/q-1;. The summed E-state index contributed by atoms with van der Waals surface area (Å²) < 4.78 is 31.9. The van der Waals surface area contributed by atoms with Gasteiger partial charge in [-0.2, -0.15) is 17.4 Å². The van der Waals surface area contributed by atoms with Gasteiger partial charge in [-0.1, -0.05) is 23.7 Å². The molecule has 24 heavy (non-hydrogen) atoms. The van der Waals surface area contributed by atoms with Gasteiger partial charge >= 0.3 is 0 Å². The Labute approximate surface area is 171 Å². The Bertz CT molecular complexity index is 819. The van der Waals surface area contributed by atoms with E-state index in [1.54, 1.807) is 25.1 Å². The SMILES string of the molecule is Cc1cc(OCC#N)ccc1-c1[c-]cc(Br)c(=O)n1CC(F)F.[Y]. The average Bonchev–Trinajstić information content (AvgIpc) is 2.50. The van der Waals surface area contributed by atoms with E-state index in [2.05, 4.69) is 22.0 Å². The first kappa shape index (κ1) is 20.9. The van der Waals surface area contributed by atoms with Crippen LogP contribution < -0.4 is 10.3 Å². The molecule has 0 unspecified atom stereocenters. The molecule has 0 bridgehead atoms. The zero-order chi connectivity index (χ0) is 17.0. The number of rotatable bonds is 5. The Hall–Kier alpha value is -1.10. The van der Waals surface area contributed by atoms with Crippen LogP contribution in [0.25, 0.3) is 11.3 Å². The van der Waals surface area contributed by atoms with Crippen molar-refractivity contribution in [1.29, 1.82) is 5.26 Å². The van der Waals surface area contributed by atoms with Crippen molar-refractivity contribution in [3.63, 3.8) is 0 Å². The Morgan fingerprint density at radius 2 is 2.17 bits per heavy atom. The van der Waals surface area contributed by atoms with E-state index in [0.717, 1.165) is 10.1 Å². The van der Waals surface area contributed by atoms with Gasteiger partial charge in [0.1, 0.15) is 11.8 Å². The van der Waals surface area contributed by atoms with E-state index < -0.39 is 18.5 Å². The van der Waals surface area contributed by atoms with E-state index in [9.17, 15) is 13.6 Å². The Morgan fingerprint density at radius 3 is 2.75 bits per heavy atom. The molecule has 0 aliphatic carbocycles. The monoisotopic (exact) mass is 470 g/mol. The van der Waals surface area contributed by atoms with Gasteiger partial charge < -0.3 is 9.30 Å². The molecule has 0 aliphatic heterocycles. The fourth-order valence-corrected chi connectivity index (χ4v) is 2.47. The number of benzene rings is 1. The molecular weight excluding hydrogens is 459 g/mol. The van der Waals surface area contributed by atoms with Crippen LogP contribution in [0.15, 0.2) is 33.5 Å². The summed E-state index contributed by atoms with van der Waals surface area (Å²) in [6.07, 6.45) is -2.66. The molecule has 0 spiro atoms. The fourth-order valence-electron chi connectivity index (χ4n) is 2.14. The molecule has 2 aromatic rings. The molecule has 1 heterocycles. The summed E-state index contributed by atoms with van der Waals surface area (Å²) in [5, 5.41) is 8.51. The number of pyridine rings is 1. The third-order valence-electron chi connectivity index (χ3n) is 3.13. The summed E-state index contributed by atoms with van der Waals surface area (Å²) in [5.41, 5.74) is 1.06. The van der Waals surface area contributed by atoms with Crippen molar-refractivity contribution in [2.24, 2.45) is 0 Å². The first-order valence-electron chi connectivity index (χ1n) is 6.64. The topological polar surface area (TPSA) is 55.0 Å². The number of nitriles is 1. The van der Waals surface area contributed by atoms with Gasteiger partial charge in [0.15, 0.2) is 6.61 Å². The smallest absolute Gasteiger partial charge is 0.256 e. The maximum Gasteiger partial charge on any atom is 0.256 e. The van der Waals surface area contributed by atoms with Crippen molar-refractivity contribution in [1.82, 2.24) is 4.57 Å². The second-order valence-corrected chi connectivity index (χ2v) is 5.57. The van der Waals surface area contributed by atoms with Gasteiger partial charge in [0.25, 0.3) is 6.43 Å². The quantitative estimate of drug-likeness (QED) is 0.628. The third kappa shape index (κ3) is 4.95. The maximum atomic E-state index is 12.8. The number of ether oxygens (including phenoxy) is 1. The van der Waals surface area contributed by atoms with Crippen LogP contribution >= 0.6 is 15.9 Å². The molecule has 0 N–H and O–H groups in total. The van der Waals surface area contributed by atoms with E-state index in [1.807, 2.05) is 6.07 Å². The van der Waals surface area contributed by atoms with E-state index in [-0.39, 0.29) is 49.5 Å². The molecule has 2 rings (SSSR count). The molecule has 1 aromatic heterocycles. The molecule has 8 heteroatoms. The van der Waals surface area contributed by atoms with Gasteiger partial charge in [-0.05, 0) is 16.6 Å². The summed E-state index contributed by atoms with van der Waals surface area (Å²) in [6.45, 7) is 0.969. The summed E-state index contributed by atoms with van der Waals surface area (Å²) >= 11 is 3.04. The number of aryl methyl sites for hydroxylation is 1. The minimum absolute atomic E-state index is 0. The van der Waals surface area contributed by atoms with Crippen LogP contribution in [0.5, 0.6) is 5.75 Å². The van der Waals surface area contributed by atoms with Crippen molar-refractivity contribution >= 4 is 15.9 Å². The molecule has 0 fully saturated rings. The molecule has 0 atom stereocenters. The summed E-state index contributed by atoms with van der Waals surface area (Å²) in [7, 11) is 0.